The molecule has 0 unspecified atom stereocenters. The maximum absolute atomic E-state index is 13.1. The molecule has 5 nitrogen and oxygen atoms in total. The lowest BCUT2D eigenvalue weighted by atomic mass is 9.94. The molecule has 1 amide bonds. The molecule has 1 aliphatic carbocycles. The molecular formula is C21H23ClN4O. The van der Waals surface area contributed by atoms with Gasteiger partial charge in [0.25, 0.3) is 5.91 Å². The van der Waals surface area contributed by atoms with Crippen molar-refractivity contribution in [3.63, 3.8) is 0 Å². The number of pyridine rings is 1. The number of fused-ring (bicyclic) bond motifs is 1. The van der Waals surface area contributed by atoms with E-state index in [-0.39, 0.29) is 11.9 Å². The van der Waals surface area contributed by atoms with Crippen molar-refractivity contribution in [1.82, 2.24) is 19.7 Å². The lowest BCUT2D eigenvalue weighted by Crippen LogP contribution is -2.38. The standard InChI is InChI=1S/C21H23ClN4O/c1-14-18-19(22)17(21(27)25(2)15-9-5-3-6-10-15)13-23-20(18)26(24-14)16-11-7-4-8-12-16/h4,7-8,11-13,15H,3,5-6,9-10H2,1-2H3. The SMILES string of the molecule is Cc1nn(-c2ccccc2)c2ncc(C(=O)N(C)C3CCCCC3)c(Cl)c12. The van der Waals surface area contributed by atoms with E-state index in [0.29, 0.717) is 16.2 Å². The molecule has 0 N–H and O–H groups in total. The third-order valence-corrected chi connectivity index (χ3v) is 5.87. The van der Waals surface area contributed by atoms with E-state index in [0.717, 1.165) is 29.6 Å². The van der Waals surface area contributed by atoms with Crippen LogP contribution in [0.5, 0.6) is 0 Å². The molecule has 6 heteroatoms. The van der Waals surface area contributed by atoms with E-state index in [2.05, 4.69) is 10.1 Å². The van der Waals surface area contributed by atoms with Crippen LogP contribution in [0.2, 0.25) is 5.02 Å². The van der Waals surface area contributed by atoms with Crippen LogP contribution in [0.3, 0.4) is 0 Å². The number of hydrogen-bond acceptors (Lipinski definition) is 3. The van der Waals surface area contributed by atoms with Crippen molar-refractivity contribution in [2.24, 2.45) is 0 Å². The van der Waals surface area contributed by atoms with E-state index in [4.69, 9.17) is 11.6 Å². The van der Waals surface area contributed by atoms with Gasteiger partial charge in [0, 0.05) is 19.3 Å². The van der Waals surface area contributed by atoms with Gasteiger partial charge in [-0.3, -0.25) is 4.79 Å². The zero-order valence-corrected chi connectivity index (χ0v) is 16.4. The Kier molecular flexibility index (Phi) is 4.87. The summed E-state index contributed by atoms with van der Waals surface area (Å²) in [5, 5.41) is 5.78. The molecule has 1 aliphatic rings. The van der Waals surface area contributed by atoms with Crippen LogP contribution in [-0.4, -0.2) is 38.7 Å². The van der Waals surface area contributed by atoms with Crippen LogP contribution in [0.25, 0.3) is 16.7 Å². The molecule has 1 fully saturated rings. The van der Waals surface area contributed by atoms with Crippen LogP contribution in [0, 0.1) is 6.92 Å². The smallest absolute Gasteiger partial charge is 0.256 e. The van der Waals surface area contributed by atoms with E-state index < -0.39 is 0 Å². The second kappa shape index (κ2) is 7.31. The zero-order valence-electron chi connectivity index (χ0n) is 15.7. The fourth-order valence-electron chi connectivity index (χ4n) is 3.93. The number of benzene rings is 1. The average molecular weight is 383 g/mol. The first-order valence-electron chi connectivity index (χ1n) is 9.44. The summed E-state index contributed by atoms with van der Waals surface area (Å²) >= 11 is 6.68. The summed E-state index contributed by atoms with van der Waals surface area (Å²) in [6.07, 6.45) is 7.31. The third kappa shape index (κ3) is 3.21. The van der Waals surface area contributed by atoms with Gasteiger partial charge in [0.05, 0.1) is 27.4 Å². The fourth-order valence-corrected chi connectivity index (χ4v) is 4.28. The summed E-state index contributed by atoms with van der Waals surface area (Å²) in [6, 6.07) is 10.1. The second-order valence-corrected chi connectivity index (χ2v) is 7.60. The Balaban J connectivity index is 1.74. The van der Waals surface area contributed by atoms with Crippen LogP contribution in [-0.2, 0) is 0 Å². The van der Waals surface area contributed by atoms with Crippen molar-refractivity contribution in [3.05, 3.63) is 52.8 Å². The summed E-state index contributed by atoms with van der Waals surface area (Å²) in [6.45, 7) is 1.90. The molecule has 0 aliphatic heterocycles. The van der Waals surface area contributed by atoms with Crippen molar-refractivity contribution in [2.45, 2.75) is 45.1 Å². The van der Waals surface area contributed by atoms with Crippen molar-refractivity contribution >= 4 is 28.5 Å². The zero-order chi connectivity index (χ0) is 19.0. The van der Waals surface area contributed by atoms with Gasteiger partial charge >= 0.3 is 0 Å². The van der Waals surface area contributed by atoms with Gasteiger partial charge in [-0.25, -0.2) is 9.67 Å². The first-order chi connectivity index (χ1) is 13.1. The van der Waals surface area contributed by atoms with Gasteiger partial charge in [0.15, 0.2) is 5.65 Å². The van der Waals surface area contributed by atoms with Crippen LogP contribution in [0.4, 0.5) is 0 Å². The normalized spacial score (nSPS) is 15.2. The number of halogens is 1. The number of amides is 1. The average Bonchev–Trinajstić information content (AvgIpc) is 3.06. The number of nitrogens with zero attached hydrogens (tertiary/aromatic N) is 4. The van der Waals surface area contributed by atoms with E-state index in [1.807, 2.05) is 49.2 Å². The van der Waals surface area contributed by atoms with Crippen LogP contribution in [0.1, 0.15) is 48.2 Å². The lowest BCUT2D eigenvalue weighted by Gasteiger charge is -2.31. The predicted octanol–water partition coefficient (Wildman–Crippen LogP) is 4.79. The Hall–Kier alpha value is -2.40. The Morgan fingerprint density at radius 1 is 1.19 bits per heavy atom. The Bertz CT molecular complexity index is 977. The largest absolute Gasteiger partial charge is 0.339 e. The maximum Gasteiger partial charge on any atom is 0.256 e. The molecule has 2 aromatic heterocycles. The van der Waals surface area contributed by atoms with Gasteiger partial charge in [-0.1, -0.05) is 49.1 Å². The molecule has 0 spiro atoms. The molecule has 27 heavy (non-hydrogen) atoms. The summed E-state index contributed by atoms with van der Waals surface area (Å²) < 4.78 is 1.77. The highest BCUT2D eigenvalue weighted by Crippen LogP contribution is 2.31. The lowest BCUT2D eigenvalue weighted by molar-refractivity contribution is 0.0696. The van der Waals surface area contributed by atoms with Gasteiger partial charge < -0.3 is 4.90 Å². The van der Waals surface area contributed by atoms with Crippen LogP contribution in [0.15, 0.2) is 36.5 Å². The van der Waals surface area contributed by atoms with Gasteiger partial charge in [0.1, 0.15) is 0 Å². The number of hydrogen-bond donors (Lipinski definition) is 0. The first kappa shape index (κ1) is 18.0. The number of para-hydroxylation sites is 1. The molecule has 4 rings (SSSR count). The molecule has 1 aromatic carbocycles. The number of aromatic nitrogens is 3. The van der Waals surface area contributed by atoms with Gasteiger partial charge in [-0.2, -0.15) is 5.10 Å². The van der Waals surface area contributed by atoms with Gasteiger partial charge in [-0.15, -0.1) is 0 Å². The van der Waals surface area contributed by atoms with Crippen molar-refractivity contribution in [2.75, 3.05) is 7.05 Å². The molecule has 3 aromatic rings. The molecular weight excluding hydrogens is 360 g/mol. The molecule has 0 radical (unpaired) electrons. The van der Waals surface area contributed by atoms with Crippen LogP contribution < -0.4 is 0 Å². The van der Waals surface area contributed by atoms with E-state index in [9.17, 15) is 4.79 Å². The van der Waals surface area contributed by atoms with Gasteiger partial charge in [0.2, 0.25) is 0 Å². The Labute approximate surface area is 164 Å². The topological polar surface area (TPSA) is 51.0 Å². The van der Waals surface area contributed by atoms with Gasteiger partial charge in [-0.05, 0) is 31.9 Å². The van der Waals surface area contributed by atoms with E-state index >= 15 is 0 Å². The molecule has 0 saturated heterocycles. The number of carbonyl (C=O) groups excluding carboxylic acids is 1. The van der Waals surface area contributed by atoms with Crippen molar-refractivity contribution in [3.8, 4) is 5.69 Å². The summed E-state index contributed by atoms with van der Waals surface area (Å²) in [7, 11) is 1.87. The van der Waals surface area contributed by atoms with E-state index in [1.165, 1.54) is 19.3 Å². The highest BCUT2D eigenvalue weighted by Gasteiger charge is 2.26. The summed E-state index contributed by atoms with van der Waals surface area (Å²) in [5.74, 6) is -0.0619. The first-order valence-corrected chi connectivity index (χ1v) is 9.82. The van der Waals surface area contributed by atoms with Crippen molar-refractivity contribution in [1.29, 1.82) is 0 Å². The Morgan fingerprint density at radius 2 is 1.89 bits per heavy atom. The molecule has 0 bridgehead atoms. The molecule has 140 valence electrons. The summed E-state index contributed by atoms with van der Waals surface area (Å²) in [4.78, 5) is 19.5. The maximum atomic E-state index is 13.1. The molecule has 0 atom stereocenters. The highest BCUT2D eigenvalue weighted by molar-refractivity contribution is 6.38. The number of rotatable bonds is 3. The quantitative estimate of drug-likeness (QED) is 0.654. The third-order valence-electron chi connectivity index (χ3n) is 5.48. The fraction of sp³-hybridized carbons (Fsp3) is 0.381. The monoisotopic (exact) mass is 382 g/mol. The van der Waals surface area contributed by atoms with Crippen molar-refractivity contribution < 1.29 is 4.79 Å². The van der Waals surface area contributed by atoms with Crippen LogP contribution >= 0.6 is 11.6 Å². The van der Waals surface area contributed by atoms with E-state index in [1.54, 1.807) is 10.9 Å². The minimum atomic E-state index is -0.0619. The minimum Gasteiger partial charge on any atom is -0.339 e. The summed E-state index contributed by atoms with van der Waals surface area (Å²) in [5.41, 5.74) is 2.80. The predicted molar refractivity (Wildman–Crippen MR) is 108 cm³/mol. The second-order valence-electron chi connectivity index (χ2n) is 7.23. The highest BCUT2D eigenvalue weighted by atomic mass is 35.5. The minimum absolute atomic E-state index is 0.0619. The Morgan fingerprint density at radius 3 is 2.59 bits per heavy atom. The molecule has 2 heterocycles. The number of aryl methyl sites for hydroxylation is 1. The number of carbonyl (C=O) groups is 1. The molecule has 1 saturated carbocycles.